The number of ether oxygens (including phenoxy) is 1. The summed E-state index contributed by atoms with van der Waals surface area (Å²) in [5, 5.41) is 0. The van der Waals surface area contributed by atoms with Crippen molar-refractivity contribution in [3.63, 3.8) is 0 Å². The quantitative estimate of drug-likeness (QED) is 0.355. The highest BCUT2D eigenvalue weighted by molar-refractivity contribution is 9.10. The maximum absolute atomic E-state index is 5.91. The van der Waals surface area contributed by atoms with E-state index in [1.54, 1.807) is 0 Å². The minimum absolute atomic E-state index is 0.492. The van der Waals surface area contributed by atoms with Crippen molar-refractivity contribution in [3.05, 3.63) is 28.2 Å². The van der Waals surface area contributed by atoms with Crippen LogP contribution >= 0.6 is 27.5 Å². The summed E-state index contributed by atoms with van der Waals surface area (Å²) in [5.41, 5.74) is 1.05. The summed E-state index contributed by atoms with van der Waals surface area (Å²) < 4.78 is 6.85. The Balaban J connectivity index is 2.19. The van der Waals surface area contributed by atoms with Crippen LogP contribution in [0.15, 0.2) is 22.7 Å². The van der Waals surface area contributed by atoms with E-state index in [0.29, 0.717) is 5.88 Å². The second kappa shape index (κ2) is 10.6. The van der Waals surface area contributed by atoms with Crippen molar-refractivity contribution >= 4 is 27.5 Å². The number of alkyl halides is 1. The molecule has 0 aliphatic carbocycles. The Morgan fingerprint density at radius 3 is 2.42 bits per heavy atom. The van der Waals surface area contributed by atoms with Gasteiger partial charge in [0.1, 0.15) is 5.75 Å². The van der Waals surface area contributed by atoms with Crippen LogP contribution in [0.1, 0.15) is 57.4 Å². The summed E-state index contributed by atoms with van der Waals surface area (Å²) in [6, 6.07) is 6.00. The van der Waals surface area contributed by atoms with Gasteiger partial charge < -0.3 is 4.74 Å². The zero-order valence-corrected chi connectivity index (χ0v) is 14.1. The molecule has 0 amide bonds. The number of unbranched alkanes of at least 4 members (excludes halogenated alkanes) is 6. The number of benzene rings is 1. The number of para-hydroxylation sites is 1. The average molecular weight is 348 g/mol. The minimum atomic E-state index is 0.492. The normalized spacial score (nSPS) is 10.7. The molecule has 0 spiro atoms. The van der Waals surface area contributed by atoms with Crippen molar-refractivity contribution in [1.82, 2.24) is 0 Å². The predicted octanol–water partition coefficient (Wildman–Crippen LogP) is 6.32. The Kier molecular flexibility index (Phi) is 9.36. The fourth-order valence-electron chi connectivity index (χ4n) is 2.05. The van der Waals surface area contributed by atoms with E-state index in [1.807, 2.05) is 18.2 Å². The smallest absolute Gasteiger partial charge is 0.137 e. The molecule has 0 saturated carbocycles. The van der Waals surface area contributed by atoms with Crippen LogP contribution in [0.4, 0.5) is 0 Å². The van der Waals surface area contributed by atoms with Gasteiger partial charge >= 0.3 is 0 Å². The first kappa shape index (κ1) is 16.8. The lowest BCUT2D eigenvalue weighted by Gasteiger charge is -2.11. The number of halogens is 2. The van der Waals surface area contributed by atoms with E-state index in [9.17, 15) is 0 Å². The molecule has 1 nitrogen and oxygen atoms in total. The molecule has 0 aromatic heterocycles. The monoisotopic (exact) mass is 346 g/mol. The molecule has 0 radical (unpaired) electrons. The lowest BCUT2D eigenvalue weighted by atomic mass is 10.1. The highest BCUT2D eigenvalue weighted by Crippen LogP contribution is 2.30. The van der Waals surface area contributed by atoms with Gasteiger partial charge in [0.25, 0.3) is 0 Å². The molecule has 1 rings (SSSR count). The summed E-state index contributed by atoms with van der Waals surface area (Å²) in [7, 11) is 0. The highest BCUT2D eigenvalue weighted by atomic mass is 79.9. The third kappa shape index (κ3) is 6.67. The average Bonchev–Trinajstić information content (AvgIpc) is 2.43. The molecular formula is C16H24BrClO. The van der Waals surface area contributed by atoms with Gasteiger partial charge in [-0.3, -0.25) is 0 Å². The van der Waals surface area contributed by atoms with Crippen LogP contribution in [-0.4, -0.2) is 6.61 Å². The molecule has 0 aliphatic rings. The molecule has 0 aliphatic heterocycles. The molecule has 19 heavy (non-hydrogen) atoms. The lowest BCUT2D eigenvalue weighted by molar-refractivity contribution is 0.300. The van der Waals surface area contributed by atoms with E-state index < -0.39 is 0 Å². The van der Waals surface area contributed by atoms with Gasteiger partial charge in [0.2, 0.25) is 0 Å². The van der Waals surface area contributed by atoms with Gasteiger partial charge in [-0.1, -0.05) is 57.6 Å². The molecule has 0 bridgehead atoms. The van der Waals surface area contributed by atoms with Crippen LogP contribution in [0, 0.1) is 0 Å². The summed E-state index contributed by atoms with van der Waals surface area (Å²) in [6.07, 6.45) is 9.11. The second-order valence-electron chi connectivity index (χ2n) is 4.83. The molecule has 1 aromatic carbocycles. The van der Waals surface area contributed by atoms with Crippen LogP contribution in [0.2, 0.25) is 0 Å². The maximum atomic E-state index is 5.91. The number of hydrogen-bond acceptors (Lipinski definition) is 1. The third-order valence-electron chi connectivity index (χ3n) is 3.19. The van der Waals surface area contributed by atoms with E-state index in [0.717, 1.165) is 28.8 Å². The molecule has 0 saturated heterocycles. The zero-order chi connectivity index (χ0) is 13.9. The van der Waals surface area contributed by atoms with Crippen molar-refractivity contribution in [3.8, 4) is 5.75 Å². The first-order valence-corrected chi connectivity index (χ1v) is 8.58. The van der Waals surface area contributed by atoms with E-state index >= 15 is 0 Å². The van der Waals surface area contributed by atoms with Crippen molar-refractivity contribution < 1.29 is 4.74 Å². The van der Waals surface area contributed by atoms with Crippen molar-refractivity contribution in [2.24, 2.45) is 0 Å². The van der Waals surface area contributed by atoms with E-state index in [4.69, 9.17) is 16.3 Å². The summed E-state index contributed by atoms with van der Waals surface area (Å²) in [4.78, 5) is 0. The van der Waals surface area contributed by atoms with Crippen LogP contribution in [0.5, 0.6) is 5.75 Å². The van der Waals surface area contributed by atoms with Crippen molar-refractivity contribution in [2.75, 3.05) is 6.61 Å². The molecule has 0 heterocycles. The van der Waals surface area contributed by atoms with E-state index in [1.165, 1.54) is 38.5 Å². The van der Waals surface area contributed by atoms with Gasteiger partial charge in [-0.15, -0.1) is 11.6 Å². The Labute approximate surface area is 130 Å². The first-order valence-electron chi connectivity index (χ1n) is 7.25. The van der Waals surface area contributed by atoms with Gasteiger partial charge in [0.05, 0.1) is 17.0 Å². The molecule has 0 N–H and O–H groups in total. The molecule has 0 unspecified atom stereocenters. The molecule has 0 fully saturated rings. The topological polar surface area (TPSA) is 9.23 Å². The molecular weight excluding hydrogens is 324 g/mol. The van der Waals surface area contributed by atoms with Gasteiger partial charge in [-0.2, -0.15) is 0 Å². The molecule has 3 heteroatoms. The number of hydrogen-bond donors (Lipinski definition) is 0. The van der Waals surface area contributed by atoms with Crippen LogP contribution in [-0.2, 0) is 5.88 Å². The minimum Gasteiger partial charge on any atom is -0.492 e. The van der Waals surface area contributed by atoms with Gasteiger partial charge in [0.15, 0.2) is 0 Å². The zero-order valence-electron chi connectivity index (χ0n) is 11.8. The van der Waals surface area contributed by atoms with E-state index in [-0.39, 0.29) is 0 Å². The molecule has 1 aromatic rings. The van der Waals surface area contributed by atoms with Gasteiger partial charge in [0, 0.05) is 5.56 Å². The highest BCUT2D eigenvalue weighted by Gasteiger charge is 2.06. The van der Waals surface area contributed by atoms with E-state index in [2.05, 4.69) is 22.9 Å². The Bertz CT molecular complexity index is 355. The Morgan fingerprint density at radius 1 is 1.05 bits per heavy atom. The van der Waals surface area contributed by atoms with Crippen LogP contribution < -0.4 is 4.74 Å². The first-order chi connectivity index (χ1) is 9.29. The van der Waals surface area contributed by atoms with Crippen LogP contribution in [0.25, 0.3) is 0 Å². The third-order valence-corrected chi connectivity index (χ3v) is 4.10. The fraction of sp³-hybridized carbons (Fsp3) is 0.625. The molecule has 108 valence electrons. The molecule has 0 atom stereocenters. The number of rotatable bonds is 10. The van der Waals surface area contributed by atoms with Crippen molar-refractivity contribution in [1.29, 1.82) is 0 Å². The lowest BCUT2D eigenvalue weighted by Crippen LogP contribution is -2.00. The Hall–Kier alpha value is -0.210. The fourth-order valence-corrected chi connectivity index (χ4v) is 2.79. The largest absolute Gasteiger partial charge is 0.492 e. The Morgan fingerprint density at radius 2 is 1.74 bits per heavy atom. The van der Waals surface area contributed by atoms with Crippen molar-refractivity contribution in [2.45, 2.75) is 57.7 Å². The van der Waals surface area contributed by atoms with Gasteiger partial charge in [-0.05, 0) is 28.4 Å². The maximum Gasteiger partial charge on any atom is 0.137 e. The SMILES string of the molecule is CCCCCCCCCOc1c(Br)cccc1CCl. The standard InChI is InChI=1S/C16H24BrClO/c1-2-3-4-5-6-7-8-12-19-16-14(13-18)10-9-11-15(16)17/h9-11H,2-8,12-13H2,1H3. The summed E-state index contributed by atoms with van der Waals surface area (Å²) in [5.74, 6) is 1.40. The summed E-state index contributed by atoms with van der Waals surface area (Å²) in [6.45, 7) is 3.03. The van der Waals surface area contributed by atoms with Gasteiger partial charge in [-0.25, -0.2) is 0 Å². The predicted molar refractivity (Wildman–Crippen MR) is 87.2 cm³/mol. The van der Waals surface area contributed by atoms with Crippen LogP contribution in [0.3, 0.4) is 0 Å². The summed E-state index contributed by atoms with van der Waals surface area (Å²) >= 11 is 9.43. The second-order valence-corrected chi connectivity index (χ2v) is 5.95.